The van der Waals surface area contributed by atoms with E-state index in [4.69, 9.17) is 11.7 Å². The van der Waals surface area contributed by atoms with Crippen LogP contribution in [-0.4, -0.2) is 4.57 Å². The Morgan fingerprint density at radius 1 is 0.943 bits per heavy atom. The summed E-state index contributed by atoms with van der Waals surface area (Å²) in [7, 11) is 0. The molecule has 7 heteroatoms. The van der Waals surface area contributed by atoms with Gasteiger partial charge in [0.25, 0.3) is 5.56 Å². The summed E-state index contributed by atoms with van der Waals surface area (Å²) in [4.78, 5) is 13.0. The second-order valence-electron chi connectivity index (χ2n) is 8.22. The number of rotatable bonds is 5. The minimum Gasteiger partial charge on any atom is -0.457 e. The van der Waals surface area contributed by atoms with Crippen molar-refractivity contribution in [3.05, 3.63) is 122 Å². The number of benzene rings is 3. The van der Waals surface area contributed by atoms with Crippen molar-refractivity contribution in [2.75, 3.05) is 0 Å². The number of hydrogen-bond acceptors (Lipinski definition) is 2. The van der Waals surface area contributed by atoms with E-state index in [1.54, 1.807) is 36.4 Å². The van der Waals surface area contributed by atoms with Gasteiger partial charge in [-0.3, -0.25) is 4.79 Å². The summed E-state index contributed by atoms with van der Waals surface area (Å²) in [6, 6.07) is 20.3. The van der Waals surface area contributed by atoms with Crippen molar-refractivity contribution in [1.82, 2.24) is 4.57 Å². The van der Waals surface area contributed by atoms with Gasteiger partial charge in [0.1, 0.15) is 11.5 Å². The van der Waals surface area contributed by atoms with Gasteiger partial charge in [0.05, 0.1) is 17.8 Å². The molecule has 4 rings (SSSR count). The zero-order chi connectivity index (χ0) is 25.3. The molecule has 0 fully saturated rings. The van der Waals surface area contributed by atoms with Crippen LogP contribution < -0.4 is 10.3 Å². The summed E-state index contributed by atoms with van der Waals surface area (Å²) < 4.78 is 48.8. The lowest BCUT2D eigenvalue weighted by Gasteiger charge is -2.19. The molecule has 0 aliphatic rings. The Balaban J connectivity index is 1.80. The highest BCUT2D eigenvalue weighted by molar-refractivity contribution is 9.10. The molecule has 0 amide bonds. The van der Waals surface area contributed by atoms with E-state index in [9.17, 15) is 18.0 Å². The van der Waals surface area contributed by atoms with Crippen LogP contribution in [0.25, 0.3) is 11.3 Å². The number of aromatic nitrogens is 1. The Morgan fingerprint density at radius 2 is 1.66 bits per heavy atom. The number of nitrogens with zero attached hydrogens (tertiary/aromatic N) is 1. The van der Waals surface area contributed by atoms with Gasteiger partial charge < -0.3 is 9.30 Å². The Kier molecular flexibility index (Phi) is 6.90. The zero-order valence-electron chi connectivity index (χ0n) is 18.9. The summed E-state index contributed by atoms with van der Waals surface area (Å²) in [6.45, 7) is 11.8. The van der Waals surface area contributed by atoms with Gasteiger partial charge in [-0.05, 0) is 79.1 Å². The number of ether oxygens (including phenoxy) is 1. The van der Waals surface area contributed by atoms with Crippen LogP contribution in [0.4, 0.5) is 13.2 Å². The highest BCUT2D eigenvalue weighted by Gasteiger charge is 2.35. The zero-order valence-corrected chi connectivity index (χ0v) is 20.5. The lowest BCUT2D eigenvalue weighted by Crippen LogP contribution is -2.28. The lowest BCUT2D eigenvalue weighted by atomic mass is 10.0. The van der Waals surface area contributed by atoms with Crippen molar-refractivity contribution in [2.45, 2.75) is 26.6 Å². The van der Waals surface area contributed by atoms with Gasteiger partial charge in [0.2, 0.25) is 0 Å². The number of hydrogen-bond donors (Lipinski definition) is 0. The van der Waals surface area contributed by atoms with E-state index < -0.39 is 22.9 Å². The third-order valence-electron chi connectivity index (χ3n) is 5.61. The van der Waals surface area contributed by atoms with Crippen molar-refractivity contribution >= 4 is 15.9 Å². The van der Waals surface area contributed by atoms with Crippen LogP contribution in [0.2, 0.25) is 0 Å². The standard InChI is InChI=1S/C28H20BrF3NO2/c1-17-7-8-21(18(2)13-17)16-33-26(15-25(28(30,31)32)19(3)27(33)34)20-9-11-23(12-10-20)35-24-6-4-5-22(29)14-24/h4-15H,16H2,1-2H3. The molecule has 35 heavy (non-hydrogen) atoms. The van der Waals surface area contributed by atoms with Crippen LogP contribution in [-0.2, 0) is 12.7 Å². The first-order chi connectivity index (χ1) is 16.5. The van der Waals surface area contributed by atoms with E-state index in [2.05, 4.69) is 15.9 Å². The number of pyridine rings is 1. The van der Waals surface area contributed by atoms with Gasteiger partial charge >= 0.3 is 6.18 Å². The second-order valence-corrected chi connectivity index (χ2v) is 9.14. The van der Waals surface area contributed by atoms with Crippen LogP contribution in [0.5, 0.6) is 11.5 Å². The molecule has 0 spiro atoms. The molecule has 0 saturated carbocycles. The number of aryl methyl sites for hydroxylation is 2. The third-order valence-corrected chi connectivity index (χ3v) is 6.11. The fourth-order valence-corrected chi connectivity index (χ4v) is 4.20. The molecular formula is C28H20BrF3NO2. The molecule has 0 saturated heterocycles. The normalized spacial score (nSPS) is 11.5. The average molecular weight is 539 g/mol. The predicted octanol–water partition coefficient (Wildman–Crippen LogP) is 7.69. The fourth-order valence-electron chi connectivity index (χ4n) is 3.82. The molecule has 4 aromatic rings. The Hall–Kier alpha value is -3.32. The molecule has 1 heterocycles. The van der Waals surface area contributed by atoms with Gasteiger partial charge in [0, 0.05) is 17.0 Å². The van der Waals surface area contributed by atoms with E-state index in [0.717, 1.165) is 27.2 Å². The fraction of sp³-hybridized carbons (Fsp3) is 0.143. The van der Waals surface area contributed by atoms with E-state index in [1.807, 2.05) is 44.2 Å². The molecule has 3 nitrogen and oxygen atoms in total. The molecule has 177 valence electrons. The quantitative estimate of drug-likeness (QED) is 0.261. The van der Waals surface area contributed by atoms with Crippen LogP contribution in [0.3, 0.4) is 0 Å². The largest absolute Gasteiger partial charge is 0.457 e. The maximum absolute atomic E-state index is 13.6. The molecule has 0 bridgehead atoms. The minimum atomic E-state index is -4.83. The van der Waals surface area contributed by atoms with Gasteiger partial charge in [-0.15, -0.1) is 0 Å². The minimum absolute atomic E-state index is 0.0423. The first kappa shape index (κ1) is 24.8. The summed E-state index contributed by atoms with van der Waals surface area (Å²) in [6.07, 6.45) is -4.83. The van der Waals surface area contributed by atoms with Crippen LogP contribution in [0.15, 0.2) is 82.1 Å². The molecule has 0 N–H and O–H groups in total. The van der Waals surface area contributed by atoms with Crippen molar-refractivity contribution in [2.24, 2.45) is 0 Å². The highest BCUT2D eigenvalue weighted by Crippen LogP contribution is 2.34. The van der Waals surface area contributed by atoms with Crippen molar-refractivity contribution < 1.29 is 17.9 Å². The molecule has 1 aromatic heterocycles. The lowest BCUT2D eigenvalue weighted by molar-refractivity contribution is -0.138. The predicted molar refractivity (Wildman–Crippen MR) is 133 cm³/mol. The van der Waals surface area contributed by atoms with Gasteiger partial charge in [0.15, 0.2) is 0 Å². The summed E-state index contributed by atoms with van der Waals surface area (Å²) in [5.41, 5.74) is -0.117. The maximum Gasteiger partial charge on any atom is 0.416 e. The SMILES string of the molecule is [C]c1c(C(F)(F)F)cc(-c2ccc(Oc3cccc(Br)c3)cc2)n(Cc2ccc(C)cc2C)c1=O. The molecule has 0 atom stereocenters. The first-order valence-corrected chi connectivity index (χ1v) is 11.5. The van der Waals surface area contributed by atoms with E-state index in [0.29, 0.717) is 17.1 Å². The molecule has 0 aliphatic heterocycles. The molecule has 3 radical (unpaired) electrons. The summed E-state index contributed by atoms with van der Waals surface area (Å²) in [5.74, 6) is 1.08. The van der Waals surface area contributed by atoms with Crippen molar-refractivity contribution in [1.29, 1.82) is 0 Å². The Morgan fingerprint density at radius 3 is 2.29 bits per heavy atom. The average Bonchev–Trinajstić information content (AvgIpc) is 2.78. The van der Waals surface area contributed by atoms with Crippen LogP contribution in [0, 0.1) is 20.8 Å². The van der Waals surface area contributed by atoms with E-state index in [-0.39, 0.29) is 12.2 Å². The third kappa shape index (κ3) is 5.51. The molecule has 0 unspecified atom stereocenters. The maximum atomic E-state index is 13.6. The van der Waals surface area contributed by atoms with Crippen molar-refractivity contribution in [3.8, 4) is 22.8 Å². The highest BCUT2D eigenvalue weighted by atomic mass is 79.9. The van der Waals surface area contributed by atoms with E-state index in [1.165, 1.54) is 4.57 Å². The van der Waals surface area contributed by atoms with Crippen molar-refractivity contribution in [3.63, 3.8) is 0 Å². The first-order valence-electron chi connectivity index (χ1n) is 10.7. The van der Waals surface area contributed by atoms with Crippen LogP contribution in [0.1, 0.15) is 27.8 Å². The number of halogens is 4. The van der Waals surface area contributed by atoms with Crippen LogP contribution >= 0.6 is 15.9 Å². The topological polar surface area (TPSA) is 31.2 Å². The van der Waals surface area contributed by atoms with Gasteiger partial charge in [-0.1, -0.05) is 45.8 Å². The molecule has 3 aromatic carbocycles. The smallest absolute Gasteiger partial charge is 0.416 e. The molecular weight excluding hydrogens is 519 g/mol. The number of alkyl halides is 3. The summed E-state index contributed by atoms with van der Waals surface area (Å²) >= 11 is 3.38. The van der Waals surface area contributed by atoms with Gasteiger partial charge in [-0.25, -0.2) is 0 Å². The second kappa shape index (κ2) is 9.74. The van der Waals surface area contributed by atoms with Gasteiger partial charge in [-0.2, -0.15) is 13.2 Å². The Bertz CT molecular complexity index is 1440. The monoisotopic (exact) mass is 538 g/mol. The summed E-state index contributed by atoms with van der Waals surface area (Å²) in [5, 5.41) is 0. The molecule has 0 aliphatic carbocycles. The Labute approximate surface area is 209 Å². The van der Waals surface area contributed by atoms with E-state index >= 15 is 0 Å².